The number of carboxylic acid groups (broad SMARTS) is 1. The number of ether oxygens (including phenoxy) is 2. The minimum Gasteiger partial charge on any atom is -0.493 e. The maximum absolute atomic E-state index is 12.4. The second-order valence-corrected chi connectivity index (χ2v) is 5.69. The van der Waals surface area contributed by atoms with Crippen LogP contribution in [-0.4, -0.2) is 30.7 Å². The Bertz CT molecular complexity index is 823. The van der Waals surface area contributed by atoms with Gasteiger partial charge in [-0.25, -0.2) is 4.79 Å². The van der Waals surface area contributed by atoms with Crippen molar-refractivity contribution in [2.75, 3.05) is 19.0 Å². The number of methoxy groups -OCH3 is 1. The van der Waals surface area contributed by atoms with Crippen LogP contribution >= 0.6 is 23.2 Å². The molecule has 132 valence electrons. The maximum Gasteiger partial charge on any atom is 0.335 e. The number of hydrogen-bond acceptors (Lipinski definition) is 4. The molecule has 2 aromatic carbocycles. The normalized spacial score (nSPS) is 10.2. The number of carbonyl (C=O) groups is 2. The van der Waals surface area contributed by atoms with Crippen LogP contribution in [0.2, 0.25) is 10.0 Å². The van der Waals surface area contributed by atoms with Crippen molar-refractivity contribution < 1.29 is 24.2 Å². The molecule has 0 radical (unpaired) electrons. The van der Waals surface area contributed by atoms with Gasteiger partial charge in [-0.15, -0.1) is 0 Å². The van der Waals surface area contributed by atoms with E-state index in [0.717, 1.165) is 0 Å². The first-order chi connectivity index (χ1) is 11.9. The lowest BCUT2D eigenvalue weighted by Gasteiger charge is -2.13. The summed E-state index contributed by atoms with van der Waals surface area (Å²) in [6.45, 7) is 2.27. The van der Waals surface area contributed by atoms with E-state index >= 15 is 0 Å². The van der Waals surface area contributed by atoms with E-state index in [4.69, 9.17) is 37.8 Å². The van der Waals surface area contributed by atoms with Crippen molar-refractivity contribution >= 4 is 40.8 Å². The van der Waals surface area contributed by atoms with Gasteiger partial charge in [-0.3, -0.25) is 4.79 Å². The van der Waals surface area contributed by atoms with Gasteiger partial charge < -0.3 is 19.9 Å². The molecule has 0 aliphatic rings. The van der Waals surface area contributed by atoms with Gasteiger partial charge in [0.15, 0.2) is 5.75 Å². The van der Waals surface area contributed by atoms with Crippen LogP contribution < -0.4 is 14.8 Å². The van der Waals surface area contributed by atoms with Crippen molar-refractivity contribution in [3.63, 3.8) is 0 Å². The third-order valence-electron chi connectivity index (χ3n) is 3.24. The third-order valence-corrected chi connectivity index (χ3v) is 3.81. The molecule has 0 bridgehead atoms. The van der Waals surface area contributed by atoms with Gasteiger partial charge in [-0.1, -0.05) is 23.2 Å². The molecule has 0 fully saturated rings. The lowest BCUT2D eigenvalue weighted by molar-refractivity contribution is 0.0696. The summed E-state index contributed by atoms with van der Waals surface area (Å²) in [5.41, 5.74) is 0.334. The number of nitrogens with one attached hydrogen (secondary N) is 1. The summed E-state index contributed by atoms with van der Waals surface area (Å²) >= 11 is 12.1. The zero-order valence-corrected chi connectivity index (χ0v) is 14.9. The van der Waals surface area contributed by atoms with Crippen molar-refractivity contribution in [3.8, 4) is 11.5 Å². The summed E-state index contributed by atoms with van der Waals surface area (Å²) in [5, 5.41) is 12.1. The van der Waals surface area contributed by atoms with E-state index in [9.17, 15) is 9.59 Å². The van der Waals surface area contributed by atoms with Gasteiger partial charge in [0.05, 0.1) is 35.0 Å². The van der Waals surface area contributed by atoms with Gasteiger partial charge >= 0.3 is 5.97 Å². The Labute approximate surface area is 154 Å². The number of aromatic carboxylic acids is 1. The molecular weight excluding hydrogens is 369 g/mol. The predicted molar refractivity (Wildman–Crippen MR) is 95.5 cm³/mol. The largest absolute Gasteiger partial charge is 0.493 e. The average Bonchev–Trinajstić information content (AvgIpc) is 2.56. The zero-order chi connectivity index (χ0) is 18.6. The van der Waals surface area contributed by atoms with Gasteiger partial charge in [0, 0.05) is 5.56 Å². The molecule has 0 aliphatic heterocycles. The SMILES string of the molecule is CCOc1ccc(C(=O)Nc2cc(C(=O)O)cc(Cl)c2OC)cc1Cl. The highest BCUT2D eigenvalue weighted by atomic mass is 35.5. The number of carboxylic acids is 1. The van der Waals surface area contributed by atoms with Crippen molar-refractivity contribution in [1.82, 2.24) is 0 Å². The first-order valence-electron chi connectivity index (χ1n) is 7.21. The summed E-state index contributed by atoms with van der Waals surface area (Å²) in [6.07, 6.45) is 0. The van der Waals surface area contributed by atoms with E-state index < -0.39 is 11.9 Å². The molecule has 0 aromatic heterocycles. The quantitative estimate of drug-likeness (QED) is 0.774. The summed E-state index contributed by atoms with van der Waals surface area (Å²) in [7, 11) is 1.37. The molecule has 0 aliphatic carbocycles. The molecule has 2 rings (SSSR count). The lowest BCUT2D eigenvalue weighted by atomic mass is 10.1. The first kappa shape index (κ1) is 18.9. The minimum absolute atomic E-state index is 0.0717. The Morgan fingerprint density at radius 2 is 1.80 bits per heavy atom. The summed E-state index contributed by atoms with van der Waals surface area (Å²) < 4.78 is 10.5. The number of carbonyl (C=O) groups excluding carboxylic acids is 1. The van der Waals surface area contributed by atoms with Gasteiger partial charge in [-0.05, 0) is 37.3 Å². The fourth-order valence-electron chi connectivity index (χ4n) is 2.13. The highest BCUT2D eigenvalue weighted by molar-refractivity contribution is 6.33. The topological polar surface area (TPSA) is 84.9 Å². The first-order valence-corrected chi connectivity index (χ1v) is 7.97. The molecule has 2 aromatic rings. The van der Waals surface area contributed by atoms with Gasteiger partial charge in [0.1, 0.15) is 5.75 Å². The predicted octanol–water partition coefficient (Wildman–Crippen LogP) is 4.35. The van der Waals surface area contributed by atoms with Crippen LogP contribution in [0.3, 0.4) is 0 Å². The third kappa shape index (κ3) is 4.35. The number of benzene rings is 2. The summed E-state index contributed by atoms with van der Waals surface area (Å²) in [6, 6.07) is 7.09. The maximum atomic E-state index is 12.4. The average molecular weight is 384 g/mol. The van der Waals surface area contributed by atoms with E-state index in [2.05, 4.69) is 5.32 Å². The second kappa shape index (κ2) is 8.09. The highest BCUT2D eigenvalue weighted by Gasteiger charge is 2.17. The Morgan fingerprint density at radius 1 is 1.12 bits per heavy atom. The zero-order valence-electron chi connectivity index (χ0n) is 13.4. The lowest BCUT2D eigenvalue weighted by Crippen LogP contribution is -2.13. The number of anilines is 1. The fourth-order valence-corrected chi connectivity index (χ4v) is 2.66. The van der Waals surface area contributed by atoms with Crippen LogP contribution in [-0.2, 0) is 0 Å². The van der Waals surface area contributed by atoms with Crippen molar-refractivity contribution in [1.29, 1.82) is 0 Å². The van der Waals surface area contributed by atoms with E-state index in [1.165, 1.54) is 25.3 Å². The van der Waals surface area contributed by atoms with Crippen molar-refractivity contribution in [2.45, 2.75) is 6.92 Å². The van der Waals surface area contributed by atoms with Crippen LogP contribution in [0.5, 0.6) is 11.5 Å². The van der Waals surface area contributed by atoms with E-state index in [-0.39, 0.29) is 27.6 Å². The van der Waals surface area contributed by atoms with Gasteiger partial charge in [-0.2, -0.15) is 0 Å². The molecule has 0 atom stereocenters. The van der Waals surface area contributed by atoms with Crippen LogP contribution in [0.1, 0.15) is 27.6 Å². The Kier molecular flexibility index (Phi) is 6.12. The minimum atomic E-state index is -1.18. The Hall–Kier alpha value is -2.44. The molecule has 0 heterocycles. The molecule has 2 N–H and O–H groups in total. The summed E-state index contributed by atoms with van der Waals surface area (Å²) in [4.78, 5) is 23.6. The molecule has 25 heavy (non-hydrogen) atoms. The summed E-state index contributed by atoms with van der Waals surface area (Å²) in [5.74, 6) is -1.04. The van der Waals surface area contributed by atoms with Crippen LogP contribution in [0, 0.1) is 0 Å². The highest BCUT2D eigenvalue weighted by Crippen LogP contribution is 2.35. The van der Waals surface area contributed by atoms with E-state index in [0.29, 0.717) is 17.4 Å². The van der Waals surface area contributed by atoms with Gasteiger partial charge in [0.25, 0.3) is 5.91 Å². The number of rotatable bonds is 6. The molecule has 6 nitrogen and oxygen atoms in total. The molecule has 0 unspecified atom stereocenters. The Morgan fingerprint density at radius 3 is 2.36 bits per heavy atom. The molecule has 1 amide bonds. The molecule has 8 heteroatoms. The van der Waals surface area contributed by atoms with E-state index in [1.54, 1.807) is 12.1 Å². The molecular formula is C17H15Cl2NO5. The number of halogens is 2. The van der Waals surface area contributed by atoms with Crippen LogP contribution in [0.4, 0.5) is 5.69 Å². The van der Waals surface area contributed by atoms with Gasteiger partial charge in [0.2, 0.25) is 0 Å². The van der Waals surface area contributed by atoms with E-state index in [1.807, 2.05) is 6.92 Å². The smallest absolute Gasteiger partial charge is 0.335 e. The van der Waals surface area contributed by atoms with Crippen LogP contribution in [0.25, 0.3) is 0 Å². The molecule has 0 saturated carbocycles. The van der Waals surface area contributed by atoms with Crippen molar-refractivity contribution in [3.05, 3.63) is 51.5 Å². The second-order valence-electron chi connectivity index (χ2n) is 4.88. The number of hydrogen-bond donors (Lipinski definition) is 2. The molecule has 0 saturated heterocycles. The van der Waals surface area contributed by atoms with Crippen molar-refractivity contribution in [2.24, 2.45) is 0 Å². The monoisotopic (exact) mass is 383 g/mol. The standard InChI is InChI=1S/C17H15Cl2NO5/c1-3-25-14-5-4-9(6-11(14)18)16(21)20-13-8-10(17(22)23)7-12(19)15(13)24-2/h4-8H,3H2,1-2H3,(H,20,21)(H,22,23). The Balaban J connectivity index is 2.34. The number of amides is 1. The van der Waals surface area contributed by atoms with Crippen LogP contribution in [0.15, 0.2) is 30.3 Å². The fraction of sp³-hybridized carbons (Fsp3) is 0.176. The molecule has 0 spiro atoms.